The summed E-state index contributed by atoms with van der Waals surface area (Å²) in [7, 11) is 0. The quantitative estimate of drug-likeness (QED) is 0.771. The van der Waals surface area contributed by atoms with Gasteiger partial charge in [-0.05, 0) is 30.3 Å². The molecule has 0 unspecified atom stereocenters. The number of carbonyl (C=O) groups excluding carboxylic acids is 1. The summed E-state index contributed by atoms with van der Waals surface area (Å²) in [5.41, 5.74) is 7.29. The summed E-state index contributed by atoms with van der Waals surface area (Å²) in [6.45, 7) is 0.464. The lowest BCUT2D eigenvalue weighted by molar-refractivity contribution is 0.0996. The Kier molecular flexibility index (Phi) is 3.27. The zero-order chi connectivity index (χ0) is 14.8. The van der Waals surface area contributed by atoms with Crippen molar-refractivity contribution in [2.45, 2.75) is 6.54 Å². The summed E-state index contributed by atoms with van der Waals surface area (Å²) in [4.78, 5) is 15.5. The summed E-state index contributed by atoms with van der Waals surface area (Å²) >= 11 is 0. The number of anilines is 1. The fourth-order valence-corrected chi connectivity index (χ4v) is 2.09. The summed E-state index contributed by atoms with van der Waals surface area (Å²) < 4.78 is 15.3. The number of nitrogens with two attached hydrogens (primary N) is 1. The molecule has 3 aromatic rings. The number of hydrogen-bond acceptors (Lipinski definition) is 3. The maximum absolute atomic E-state index is 13.4. The van der Waals surface area contributed by atoms with Crippen molar-refractivity contribution < 1.29 is 9.18 Å². The van der Waals surface area contributed by atoms with Crippen molar-refractivity contribution in [2.24, 2.45) is 5.73 Å². The number of nitrogens with one attached hydrogen (secondary N) is 1. The lowest BCUT2D eigenvalue weighted by atomic mass is 10.2. The second-order valence-corrected chi connectivity index (χ2v) is 4.61. The van der Waals surface area contributed by atoms with Gasteiger partial charge in [-0.25, -0.2) is 9.37 Å². The fourth-order valence-electron chi connectivity index (χ4n) is 2.09. The number of aromatic nitrogens is 2. The number of fused-ring (bicyclic) bond motifs is 1. The summed E-state index contributed by atoms with van der Waals surface area (Å²) in [6, 6.07) is 9.91. The van der Waals surface area contributed by atoms with E-state index in [1.165, 1.54) is 12.1 Å². The third-order valence-corrected chi connectivity index (χ3v) is 3.12. The molecule has 0 aliphatic rings. The van der Waals surface area contributed by atoms with Crippen molar-refractivity contribution in [3.05, 3.63) is 65.9 Å². The third kappa shape index (κ3) is 2.69. The Balaban J connectivity index is 1.78. The van der Waals surface area contributed by atoms with Gasteiger partial charge in [0.2, 0.25) is 0 Å². The van der Waals surface area contributed by atoms with Crippen LogP contribution in [-0.2, 0) is 6.54 Å². The second-order valence-electron chi connectivity index (χ2n) is 4.61. The molecular formula is C15H13FN4O. The van der Waals surface area contributed by atoms with Gasteiger partial charge in [0.1, 0.15) is 11.5 Å². The number of halogens is 1. The van der Waals surface area contributed by atoms with E-state index in [2.05, 4.69) is 10.3 Å². The molecule has 2 heterocycles. The highest BCUT2D eigenvalue weighted by Gasteiger charge is 2.09. The van der Waals surface area contributed by atoms with E-state index >= 15 is 0 Å². The monoisotopic (exact) mass is 284 g/mol. The molecule has 0 radical (unpaired) electrons. The van der Waals surface area contributed by atoms with Crippen LogP contribution in [0.4, 0.5) is 10.1 Å². The molecule has 106 valence electrons. The molecule has 3 rings (SSSR count). The Morgan fingerprint density at radius 2 is 2.19 bits per heavy atom. The minimum Gasteiger partial charge on any atom is -0.379 e. The van der Waals surface area contributed by atoms with Crippen LogP contribution in [0.1, 0.15) is 16.1 Å². The van der Waals surface area contributed by atoms with Crippen LogP contribution in [0.15, 0.2) is 48.8 Å². The molecule has 0 spiro atoms. The first-order valence-electron chi connectivity index (χ1n) is 6.39. The molecule has 0 aliphatic carbocycles. The Bertz CT molecular complexity index is 779. The summed E-state index contributed by atoms with van der Waals surface area (Å²) in [5, 5.41) is 3.09. The zero-order valence-electron chi connectivity index (χ0n) is 11.1. The third-order valence-electron chi connectivity index (χ3n) is 3.12. The van der Waals surface area contributed by atoms with Gasteiger partial charge in [0.15, 0.2) is 0 Å². The van der Waals surface area contributed by atoms with Gasteiger partial charge in [-0.3, -0.25) is 4.79 Å². The highest BCUT2D eigenvalue weighted by molar-refractivity contribution is 5.94. The Labute approximate surface area is 120 Å². The molecule has 21 heavy (non-hydrogen) atoms. The van der Waals surface area contributed by atoms with E-state index in [9.17, 15) is 9.18 Å². The van der Waals surface area contributed by atoms with Crippen molar-refractivity contribution in [1.82, 2.24) is 9.38 Å². The van der Waals surface area contributed by atoms with Crippen LogP contribution in [0.3, 0.4) is 0 Å². The molecule has 1 amide bonds. The molecular weight excluding hydrogens is 271 g/mol. The number of hydrogen-bond donors (Lipinski definition) is 2. The van der Waals surface area contributed by atoms with E-state index < -0.39 is 11.7 Å². The molecule has 0 atom stereocenters. The van der Waals surface area contributed by atoms with Gasteiger partial charge in [0.25, 0.3) is 5.91 Å². The predicted molar refractivity (Wildman–Crippen MR) is 77.4 cm³/mol. The molecule has 0 fully saturated rings. The van der Waals surface area contributed by atoms with Gasteiger partial charge in [-0.2, -0.15) is 0 Å². The van der Waals surface area contributed by atoms with E-state index in [-0.39, 0.29) is 5.56 Å². The molecule has 5 nitrogen and oxygen atoms in total. The van der Waals surface area contributed by atoms with E-state index in [1.54, 1.807) is 6.07 Å². The standard InChI is InChI=1S/C15H13FN4O/c16-13-5-4-10(7-12(13)15(17)21)18-8-11-9-20-6-2-1-3-14(20)19-11/h1-7,9,18H,8H2,(H2,17,21). The van der Waals surface area contributed by atoms with Crippen molar-refractivity contribution >= 4 is 17.2 Å². The minimum absolute atomic E-state index is 0.130. The molecule has 2 aromatic heterocycles. The topological polar surface area (TPSA) is 72.4 Å². The van der Waals surface area contributed by atoms with Gasteiger partial charge in [0, 0.05) is 18.1 Å². The normalized spacial score (nSPS) is 10.7. The second kappa shape index (κ2) is 5.24. The molecule has 1 aromatic carbocycles. The number of pyridine rings is 1. The lowest BCUT2D eigenvalue weighted by Crippen LogP contribution is -2.13. The van der Waals surface area contributed by atoms with Gasteiger partial charge in [-0.1, -0.05) is 6.07 Å². The number of nitrogens with zero attached hydrogens (tertiary/aromatic N) is 2. The molecule has 0 saturated carbocycles. The molecule has 6 heteroatoms. The molecule has 0 aliphatic heterocycles. The first-order valence-corrected chi connectivity index (χ1v) is 6.39. The SMILES string of the molecule is NC(=O)c1cc(NCc2cn3ccccc3n2)ccc1F. The maximum atomic E-state index is 13.4. The van der Waals surface area contributed by atoms with E-state index in [0.29, 0.717) is 12.2 Å². The summed E-state index contributed by atoms with van der Waals surface area (Å²) in [5.74, 6) is -1.41. The molecule has 0 saturated heterocycles. The van der Waals surface area contributed by atoms with Gasteiger partial charge in [0.05, 0.1) is 17.8 Å². The van der Waals surface area contributed by atoms with Crippen LogP contribution in [0.5, 0.6) is 0 Å². The van der Waals surface area contributed by atoms with Gasteiger partial charge in [-0.15, -0.1) is 0 Å². The fraction of sp³-hybridized carbons (Fsp3) is 0.0667. The van der Waals surface area contributed by atoms with Gasteiger partial charge >= 0.3 is 0 Å². The van der Waals surface area contributed by atoms with Crippen LogP contribution in [0.2, 0.25) is 0 Å². The van der Waals surface area contributed by atoms with E-state index in [0.717, 1.165) is 11.3 Å². The smallest absolute Gasteiger partial charge is 0.251 e. The number of amides is 1. The predicted octanol–water partition coefficient (Wildman–Crippen LogP) is 2.18. The zero-order valence-corrected chi connectivity index (χ0v) is 11.1. The first-order chi connectivity index (χ1) is 10.1. The number of primary amides is 1. The number of imidazole rings is 1. The van der Waals surface area contributed by atoms with Crippen LogP contribution >= 0.6 is 0 Å². The Morgan fingerprint density at radius 3 is 2.95 bits per heavy atom. The number of benzene rings is 1. The van der Waals surface area contributed by atoms with Crippen molar-refractivity contribution in [3.8, 4) is 0 Å². The largest absolute Gasteiger partial charge is 0.379 e. The van der Waals surface area contributed by atoms with Crippen LogP contribution in [0.25, 0.3) is 5.65 Å². The molecule has 0 bridgehead atoms. The highest BCUT2D eigenvalue weighted by Crippen LogP contribution is 2.15. The van der Waals surface area contributed by atoms with Crippen molar-refractivity contribution in [2.75, 3.05) is 5.32 Å². The summed E-state index contributed by atoms with van der Waals surface area (Å²) in [6.07, 6.45) is 3.82. The van der Waals surface area contributed by atoms with Crippen molar-refractivity contribution in [3.63, 3.8) is 0 Å². The molecule has 3 N–H and O–H groups in total. The number of carbonyl (C=O) groups is 1. The highest BCUT2D eigenvalue weighted by atomic mass is 19.1. The Hall–Kier alpha value is -2.89. The van der Waals surface area contributed by atoms with Crippen molar-refractivity contribution in [1.29, 1.82) is 0 Å². The van der Waals surface area contributed by atoms with Gasteiger partial charge < -0.3 is 15.5 Å². The van der Waals surface area contributed by atoms with E-state index in [1.807, 2.05) is 35.0 Å². The van der Waals surface area contributed by atoms with Crippen LogP contribution < -0.4 is 11.1 Å². The average molecular weight is 284 g/mol. The lowest BCUT2D eigenvalue weighted by Gasteiger charge is -2.06. The Morgan fingerprint density at radius 1 is 1.33 bits per heavy atom. The first kappa shape index (κ1) is 13.1. The minimum atomic E-state index is -0.788. The number of rotatable bonds is 4. The van der Waals surface area contributed by atoms with Crippen LogP contribution in [-0.4, -0.2) is 15.3 Å². The van der Waals surface area contributed by atoms with Crippen LogP contribution in [0, 0.1) is 5.82 Å². The maximum Gasteiger partial charge on any atom is 0.251 e. The van der Waals surface area contributed by atoms with E-state index in [4.69, 9.17) is 5.73 Å². The average Bonchev–Trinajstić information content (AvgIpc) is 2.89.